The minimum atomic E-state index is 0.438. The molecule has 116 valence electrons. The molecule has 1 saturated heterocycles. The van der Waals surface area contributed by atoms with E-state index in [2.05, 4.69) is 22.0 Å². The summed E-state index contributed by atoms with van der Waals surface area (Å²) in [7, 11) is 1.68. The van der Waals surface area contributed by atoms with Crippen LogP contribution >= 0.6 is 11.6 Å². The molecule has 4 nitrogen and oxygen atoms in total. The molecule has 1 aliphatic rings. The lowest BCUT2D eigenvalue weighted by atomic mass is 10.0. The van der Waals surface area contributed by atoms with Crippen LogP contribution in [0, 0.1) is 0 Å². The summed E-state index contributed by atoms with van der Waals surface area (Å²) in [5.41, 5.74) is 8.11. The van der Waals surface area contributed by atoms with E-state index in [9.17, 15) is 0 Å². The third-order valence-corrected chi connectivity index (χ3v) is 4.46. The van der Waals surface area contributed by atoms with Crippen LogP contribution in [-0.2, 0) is 6.42 Å². The van der Waals surface area contributed by atoms with Gasteiger partial charge in [-0.1, -0.05) is 23.7 Å². The topological polar surface area (TPSA) is 51.4 Å². The Morgan fingerprint density at radius 3 is 2.86 bits per heavy atom. The summed E-state index contributed by atoms with van der Waals surface area (Å²) in [6, 6.07) is 10.6. The molecule has 2 heterocycles. The summed E-state index contributed by atoms with van der Waals surface area (Å²) in [4.78, 5) is 6.40. The second kappa shape index (κ2) is 6.44. The number of aromatic nitrogens is 1. The lowest BCUT2D eigenvalue weighted by molar-refractivity contribution is 0.414. The van der Waals surface area contributed by atoms with E-state index in [0.29, 0.717) is 16.9 Å². The molecule has 0 spiro atoms. The van der Waals surface area contributed by atoms with Gasteiger partial charge in [0.2, 0.25) is 0 Å². The van der Waals surface area contributed by atoms with Gasteiger partial charge in [-0.3, -0.25) is 0 Å². The average Bonchev–Trinajstić information content (AvgIpc) is 2.98. The number of hydrogen-bond acceptors (Lipinski definition) is 4. The Morgan fingerprint density at radius 1 is 1.36 bits per heavy atom. The molecule has 0 aliphatic carbocycles. The molecule has 2 aromatic rings. The van der Waals surface area contributed by atoms with E-state index < -0.39 is 0 Å². The van der Waals surface area contributed by atoms with Crippen LogP contribution in [0.25, 0.3) is 0 Å². The largest absolute Gasteiger partial charge is 0.497 e. The number of benzene rings is 1. The number of nitrogen functional groups attached to an aromatic ring is 1. The Morgan fingerprint density at radius 2 is 2.14 bits per heavy atom. The smallest absolute Gasteiger partial charge is 0.125 e. The van der Waals surface area contributed by atoms with Gasteiger partial charge in [0.1, 0.15) is 11.6 Å². The molecule has 0 saturated carbocycles. The molecular formula is C17H20ClN3O. The van der Waals surface area contributed by atoms with Crippen molar-refractivity contribution in [3.8, 4) is 5.75 Å². The molecule has 0 amide bonds. The maximum Gasteiger partial charge on any atom is 0.125 e. The van der Waals surface area contributed by atoms with Crippen molar-refractivity contribution in [2.45, 2.75) is 25.3 Å². The third-order valence-electron chi connectivity index (χ3n) is 4.17. The first kappa shape index (κ1) is 15.0. The van der Waals surface area contributed by atoms with Crippen molar-refractivity contribution in [1.29, 1.82) is 0 Å². The number of rotatable bonds is 4. The van der Waals surface area contributed by atoms with E-state index in [0.717, 1.165) is 30.8 Å². The molecule has 1 aromatic heterocycles. The van der Waals surface area contributed by atoms with Gasteiger partial charge in [-0.05, 0) is 37.0 Å². The number of hydrogen-bond donors (Lipinski definition) is 1. The third kappa shape index (κ3) is 3.12. The minimum Gasteiger partial charge on any atom is -0.497 e. The highest BCUT2D eigenvalue weighted by atomic mass is 35.5. The van der Waals surface area contributed by atoms with Crippen LogP contribution in [0.2, 0.25) is 5.02 Å². The molecular weight excluding hydrogens is 298 g/mol. The van der Waals surface area contributed by atoms with Crippen molar-refractivity contribution >= 4 is 23.1 Å². The second-order valence-corrected chi connectivity index (χ2v) is 6.01. The molecule has 0 bridgehead atoms. The number of anilines is 2. The van der Waals surface area contributed by atoms with Gasteiger partial charge in [-0.25, -0.2) is 4.98 Å². The van der Waals surface area contributed by atoms with E-state index >= 15 is 0 Å². The zero-order valence-electron chi connectivity index (χ0n) is 12.6. The van der Waals surface area contributed by atoms with Crippen molar-refractivity contribution in [1.82, 2.24) is 4.98 Å². The molecule has 1 atom stereocenters. The van der Waals surface area contributed by atoms with E-state index in [4.69, 9.17) is 22.1 Å². The van der Waals surface area contributed by atoms with Crippen molar-refractivity contribution in [2.75, 3.05) is 24.3 Å². The number of nitrogens with two attached hydrogens (primary N) is 1. The molecule has 1 fully saturated rings. The molecule has 1 unspecified atom stereocenters. The number of ether oxygens (including phenoxy) is 1. The average molecular weight is 318 g/mol. The van der Waals surface area contributed by atoms with Gasteiger partial charge >= 0.3 is 0 Å². The Labute approximate surface area is 135 Å². The van der Waals surface area contributed by atoms with Crippen LogP contribution in [0.4, 0.5) is 11.5 Å². The maximum atomic E-state index is 6.31. The van der Waals surface area contributed by atoms with Gasteiger partial charge in [-0.15, -0.1) is 0 Å². The van der Waals surface area contributed by atoms with Crippen molar-refractivity contribution in [2.24, 2.45) is 0 Å². The highest BCUT2D eigenvalue weighted by Crippen LogP contribution is 2.33. The van der Waals surface area contributed by atoms with Crippen molar-refractivity contribution in [3.05, 3.63) is 47.1 Å². The molecule has 2 N–H and O–H groups in total. The minimum absolute atomic E-state index is 0.438. The fraction of sp³-hybridized carbons (Fsp3) is 0.353. The number of halogens is 1. The molecule has 0 radical (unpaired) electrons. The van der Waals surface area contributed by atoms with Gasteiger partial charge in [-0.2, -0.15) is 0 Å². The Balaban J connectivity index is 1.79. The zero-order valence-corrected chi connectivity index (χ0v) is 13.4. The van der Waals surface area contributed by atoms with E-state index in [1.807, 2.05) is 18.2 Å². The van der Waals surface area contributed by atoms with Gasteiger partial charge < -0.3 is 15.4 Å². The fourth-order valence-corrected chi connectivity index (χ4v) is 3.27. The Bertz CT molecular complexity index is 645. The Kier molecular flexibility index (Phi) is 4.39. The second-order valence-electron chi connectivity index (χ2n) is 5.60. The lowest BCUT2D eigenvalue weighted by Crippen LogP contribution is -2.31. The van der Waals surface area contributed by atoms with Crippen LogP contribution in [0.15, 0.2) is 36.5 Å². The molecule has 1 aliphatic heterocycles. The highest BCUT2D eigenvalue weighted by molar-refractivity contribution is 6.33. The summed E-state index contributed by atoms with van der Waals surface area (Å²) in [6.07, 6.45) is 4.95. The van der Waals surface area contributed by atoms with Crippen LogP contribution in [0.3, 0.4) is 0 Å². The Hall–Kier alpha value is -1.94. The first-order chi connectivity index (χ1) is 10.7. The number of pyridine rings is 1. The van der Waals surface area contributed by atoms with Crippen LogP contribution in [-0.4, -0.2) is 24.7 Å². The molecule has 1 aromatic carbocycles. The first-order valence-corrected chi connectivity index (χ1v) is 7.86. The molecule has 22 heavy (non-hydrogen) atoms. The van der Waals surface area contributed by atoms with Gasteiger partial charge in [0.15, 0.2) is 0 Å². The van der Waals surface area contributed by atoms with Crippen LogP contribution in [0.1, 0.15) is 18.4 Å². The van der Waals surface area contributed by atoms with Crippen LogP contribution < -0.4 is 15.4 Å². The highest BCUT2D eigenvalue weighted by Gasteiger charge is 2.26. The SMILES string of the molecule is COc1ccc(CC2CCCN2c2cc(N)ncc2Cl)cc1. The van der Waals surface area contributed by atoms with Crippen LogP contribution in [0.5, 0.6) is 5.75 Å². The summed E-state index contributed by atoms with van der Waals surface area (Å²) in [5.74, 6) is 1.39. The van der Waals surface area contributed by atoms with Gasteiger partial charge in [0, 0.05) is 24.8 Å². The maximum absolute atomic E-state index is 6.31. The summed E-state index contributed by atoms with van der Waals surface area (Å²) in [5, 5.41) is 0.663. The van der Waals surface area contributed by atoms with Crippen molar-refractivity contribution in [3.63, 3.8) is 0 Å². The van der Waals surface area contributed by atoms with Gasteiger partial charge in [0.05, 0.1) is 17.8 Å². The van der Waals surface area contributed by atoms with E-state index in [-0.39, 0.29) is 0 Å². The monoisotopic (exact) mass is 317 g/mol. The summed E-state index contributed by atoms with van der Waals surface area (Å²) >= 11 is 6.31. The van der Waals surface area contributed by atoms with E-state index in [1.54, 1.807) is 13.3 Å². The summed E-state index contributed by atoms with van der Waals surface area (Å²) < 4.78 is 5.21. The van der Waals surface area contributed by atoms with Gasteiger partial charge in [0.25, 0.3) is 0 Å². The quantitative estimate of drug-likeness (QED) is 0.937. The lowest BCUT2D eigenvalue weighted by Gasteiger charge is -2.28. The predicted molar refractivity (Wildman–Crippen MR) is 90.7 cm³/mol. The zero-order chi connectivity index (χ0) is 15.5. The molecule has 3 rings (SSSR count). The normalized spacial score (nSPS) is 17.7. The number of nitrogens with zero attached hydrogens (tertiary/aromatic N) is 2. The predicted octanol–water partition coefficient (Wildman–Crippen LogP) is 3.54. The summed E-state index contributed by atoms with van der Waals surface area (Å²) in [6.45, 7) is 1.00. The fourth-order valence-electron chi connectivity index (χ4n) is 3.06. The first-order valence-electron chi connectivity index (χ1n) is 7.48. The standard InChI is InChI=1S/C17H20ClN3O/c1-22-14-6-4-12(5-7-14)9-13-3-2-8-21(13)16-10-17(19)20-11-15(16)18/h4-7,10-11,13H,2-3,8-9H2,1H3,(H2,19,20). The van der Waals surface area contributed by atoms with Crippen molar-refractivity contribution < 1.29 is 4.74 Å². The number of methoxy groups -OCH3 is 1. The molecule has 5 heteroatoms. The van der Waals surface area contributed by atoms with E-state index in [1.165, 1.54) is 12.0 Å².